The minimum Gasteiger partial charge on any atom is -0.270 e. The Kier molecular flexibility index (Phi) is 4.10. The van der Waals surface area contributed by atoms with Crippen LogP contribution in [0.5, 0.6) is 0 Å². The summed E-state index contributed by atoms with van der Waals surface area (Å²) in [4.78, 5) is 0. The number of aromatic nitrogens is 4. The SMILES string of the molecule is Cn1nc(I)c2sccc21.Ic1[nH]nc2ccsc12. The van der Waals surface area contributed by atoms with Crippen LogP contribution in [0.15, 0.2) is 22.9 Å². The molecule has 4 rings (SSSR count). The average Bonchev–Trinajstić information content (AvgIpc) is 3.09. The molecular formula is C11H8I2N4S2. The van der Waals surface area contributed by atoms with Crippen LogP contribution in [0.3, 0.4) is 0 Å². The van der Waals surface area contributed by atoms with Gasteiger partial charge in [-0.2, -0.15) is 10.2 Å². The number of H-pyrrole nitrogens is 1. The van der Waals surface area contributed by atoms with Crippen LogP contribution in [0.1, 0.15) is 0 Å². The summed E-state index contributed by atoms with van der Waals surface area (Å²) < 4.78 is 6.70. The fourth-order valence-corrected chi connectivity index (χ4v) is 4.93. The largest absolute Gasteiger partial charge is 0.270 e. The smallest absolute Gasteiger partial charge is 0.141 e. The summed E-state index contributed by atoms with van der Waals surface area (Å²) in [7, 11) is 1.97. The van der Waals surface area contributed by atoms with E-state index in [2.05, 4.69) is 71.9 Å². The van der Waals surface area contributed by atoms with Gasteiger partial charge in [-0.1, -0.05) is 0 Å². The zero-order valence-corrected chi connectivity index (χ0v) is 15.7. The van der Waals surface area contributed by atoms with Crippen molar-refractivity contribution < 1.29 is 0 Å². The lowest BCUT2D eigenvalue weighted by Crippen LogP contribution is -1.88. The summed E-state index contributed by atoms with van der Waals surface area (Å²) in [6.07, 6.45) is 0. The lowest BCUT2D eigenvalue weighted by atomic mass is 10.5. The van der Waals surface area contributed by atoms with E-state index in [1.807, 2.05) is 23.2 Å². The number of nitrogens with zero attached hydrogens (tertiary/aromatic N) is 3. The molecule has 19 heavy (non-hydrogen) atoms. The topological polar surface area (TPSA) is 46.5 Å². The Bertz CT molecular complexity index is 795. The fourth-order valence-electron chi connectivity index (χ4n) is 1.66. The zero-order valence-electron chi connectivity index (χ0n) is 9.72. The van der Waals surface area contributed by atoms with Gasteiger partial charge in [0.05, 0.1) is 14.9 Å². The number of halogens is 2. The summed E-state index contributed by atoms with van der Waals surface area (Å²) in [5.74, 6) is 0. The average molecular weight is 514 g/mol. The lowest BCUT2D eigenvalue weighted by Gasteiger charge is -1.84. The van der Waals surface area contributed by atoms with Crippen LogP contribution < -0.4 is 0 Å². The van der Waals surface area contributed by atoms with Crippen LogP contribution in [0.4, 0.5) is 0 Å². The molecule has 4 aromatic heterocycles. The number of rotatable bonds is 0. The predicted octanol–water partition coefficient (Wildman–Crippen LogP) is 4.47. The standard InChI is InChI=1S/C6H5IN2S.C5H3IN2S/c1-9-4-2-3-10-5(4)6(7)8-9;6-5-4-3(7-8-5)1-2-9-4/h2-3H,1H3;1-2H,(H,7,8). The molecule has 0 unspecified atom stereocenters. The van der Waals surface area contributed by atoms with Gasteiger partial charge in [-0.3, -0.25) is 9.78 Å². The number of thiophene rings is 2. The highest BCUT2D eigenvalue weighted by atomic mass is 127. The fraction of sp³-hybridized carbons (Fsp3) is 0.0909. The second kappa shape index (κ2) is 5.66. The van der Waals surface area contributed by atoms with Crippen molar-refractivity contribution in [2.75, 3.05) is 0 Å². The van der Waals surface area contributed by atoms with Crippen molar-refractivity contribution in [2.24, 2.45) is 7.05 Å². The molecule has 4 nitrogen and oxygen atoms in total. The maximum Gasteiger partial charge on any atom is 0.141 e. The summed E-state index contributed by atoms with van der Waals surface area (Å²) in [5, 5.41) is 15.4. The van der Waals surface area contributed by atoms with Gasteiger partial charge in [0.15, 0.2) is 0 Å². The Morgan fingerprint density at radius 1 is 1.16 bits per heavy atom. The molecule has 1 N–H and O–H groups in total. The Balaban J connectivity index is 0.000000117. The van der Waals surface area contributed by atoms with Crippen molar-refractivity contribution in [1.82, 2.24) is 20.0 Å². The third-order valence-electron chi connectivity index (χ3n) is 2.54. The van der Waals surface area contributed by atoms with Crippen LogP contribution in [0.25, 0.3) is 20.4 Å². The molecule has 0 radical (unpaired) electrons. The molecule has 4 aromatic rings. The summed E-state index contributed by atoms with van der Waals surface area (Å²) >= 11 is 7.96. The van der Waals surface area contributed by atoms with Gasteiger partial charge in [0.2, 0.25) is 0 Å². The van der Waals surface area contributed by atoms with Crippen molar-refractivity contribution in [1.29, 1.82) is 0 Å². The van der Waals surface area contributed by atoms with Crippen molar-refractivity contribution in [3.05, 3.63) is 30.3 Å². The lowest BCUT2D eigenvalue weighted by molar-refractivity contribution is 0.787. The van der Waals surface area contributed by atoms with E-state index in [9.17, 15) is 0 Å². The molecule has 98 valence electrons. The Morgan fingerprint density at radius 2 is 1.89 bits per heavy atom. The summed E-state index contributed by atoms with van der Waals surface area (Å²) in [6.45, 7) is 0. The molecule has 0 fully saturated rings. The Labute approximate surface area is 144 Å². The second-order valence-corrected chi connectivity index (χ2v) is 7.65. The minimum absolute atomic E-state index is 1.07. The molecule has 0 aliphatic rings. The number of hydrogen-bond acceptors (Lipinski definition) is 4. The molecule has 0 spiro atoms. The third-order valence-corrected chi connectivity index (χ3v) is 6.64. The zero-order chi connectivity index (χ0) is 13.4. The van der Waals surface area contributed by atoms with Crippen LogP contribution in [0.2, 0.25) is 0 Å². The molecule has 0 amide bonds. The minimum atomic E-state index is 1.07. The van der Waals surface area contributed by atoms with Crippen molar-refractivity contribution >= 4 is 88.3 Å². The van der Waals surface area contributed by atoms with Crippen LogP contribution in [0, 0.1) is 7.40 Å². The van der Waals surface area contributed by atoms with E-state index < -0.39 is 0 Å². The highest BCUT2D eigenvalue weighted by Gasteiger charge is 2.05. The first-order chi connectivity index (χ1) is 9.16. The van der Waals surface area contributed by atoms with Gasteiger partial charge in [-0.15, -0.1) is 22.7 Å². The second-order valence-electron chi connectivity index (χ2n) is 3.72. The van der Waals surface area contributed by atoms with E-state index in [0.717, 1.165) is 12.9 Å². The predicted molar refractivity (Wildman–Crippen MR) is 98.0 cm³/mol. The maximum atomic E-state index is 4.26. The number of aromatic amines is 1. The Hall–Kier alpha value is -0.200. The van der Waals surface area contributed by atoms with E-state index in [1.54, 1.807) is 22.7 Å². The normalized spacial score (nSPS) is 10.9. The monoisotopic (exact) mass is 514 g/mol. The maximum absolute atomic E-state index is 4.26. The van der Waals surface area contributed by atoms with Gasteiger partial charge in [0.1, 0.15) is 12.9 Å². The van der Waals surface area contributed by atoms with E-state index in [-0.39, 0.29) is 0 Å². The first kappa shape index (κ1) is 13.8. The van der Waals surface area contributed by atoms with Gasteiger partial charge >= 0.3 is 0 Å². The number of aryl methyl sites for hydroxylation is 1. The van der Waals surface area contributed by atoms with E-state index in [1.165, 1.54) is 14.9 Å². The van der Waals surface area contributed by atoms with Crippen molar-refractivity contribution in [3.63, 3.8) is 0 Å². The molecule has 0 saturated heterocycles. The van der Waals surface area contributed by atoms with Gasteiger partial charge in [0.25, 0.3) is 0 Å². The third kappa shape index (κ3) is 2.67. The van der Waals surface area contributed by atoms with E-state index in [0.29, 0.717) is 0 Å². The molecule has 0 saturated carbocycles. The Morgan fingerprint density at radius 3 is 2.63 bits per heavy atom. The van der Waals surface area contributed by atoms with Gasteiger partial charge in [0, 0.05) is 7.05 Å². The molecule has 0 aliphatic carbocycles. The quantitative estimate of drug-likeness (QED) is 0.353. The van der Waals surface area contributed by atoms with Crippen LogP contribution >= 0.6 is 67.9 Å². The molecule has 0 aliphatic heterocycles. The van der Waals surface area contributed by atoms with Gasteiger partial charge in [-0.25, -0.2) is 0 Å². The molecule has 0 aromatic carbocycles. The first-order valence-corrected chi connectivity index (χ1v) is 9.21. The molecule has 8 heteroatoms. The van der Waals surface area contributed by atoms with E-state index >= 15 is 0 Å². The first-order valence-electron chi connectivity index (χ1n) is 5.29. The summed E-state index contributed by atoms with van der Waals surface area (Å²) in [6, 6.07) is 4.10. The highest BCUT2D eigenvalue weighted by Crippen LogP contribution is 2.24. The van der Waals surface area contributed by atoms with Gasteiger partial charge < -0.3 is 0 Å². The molecule has 4 heterocycles. The summed E-state index contributed by atoms with van der Waals surface area (Å²) in [5.41, 5.74) is 2.30. The van der Waals surface area contributed by atoms with E-state index in [4.69, 9.17) is 0 Å². The molecular weight excluding hydrogens is 506 g/mol. The number of hydrogen-bond donors (Lipinski definition) is 1. The van der Waals surface area contributed by atoms with Gasteiger partial charge in [-0.05, 0) is 68.1 Å². The molecule has 0 bridgehead atoms. The number of nitrogens with one attached hydrogen (secondary N) is 1. The highest BCUT2D eigenvalue weighted by molar-refractivity contribution is 14.1. The molecule has 0 atom stereocenters. The number of fused-ring (bicyclic) bond motifs is 2. The van der Waals surface area contributed by atoms with Crippen LogP contribution in [-0.2, 0) is 7.05 Å². The van der Waals surface area contributed by atoms with Crippen LogP contribution in [-0.4, -0.2) is 20.0 Å². The van der Waals surface area contributed by atoms with Crippen molar-refractivity contribution in [3.8, 4) is 0 Å². The van der Waals surface area contributed by atoms with Crippen molar-refractivity contribution in [2.45, 2.75) is 0 Å².